The molecule has 0 aliphatic carbocycles. The van der Waals surface area contributed by atoms with Gasteiger partial charge in [-0.1, -0.05) is 70.0 Å². The van der Waals surface area contributed by atoms with Gasteiger partial charge in [-0.05, 0) is 48.4 Å². The van der Waals surface area contributed by atoms with Gasteiger partial charge < -0.3 is 9.72 Å². The minimum Gasteiger partial charge on any atom is -0.463 e. The van der Waals surface area contributed by atoms with Crippen LogP contribution in [0.2, 0.25) is 5.02 Å². The zero-order valence-corrected chi connectivity index (χ0v) is 23.2. The number of halogens is 2. The van der Waals surface area contributed by atoms with Gasteiger partial charge in [0.05, 0.1) is 23.9 Å². The first kappa shape index (κ1) is 26.6. The molecule has 0 spiro atoms. The molecule has 0 fully saturated rings. The second-order valence-electron chi connectivity index (χ2n) is 8.84. The summed E-state index contributed by atoms with van der Waals surface area (Å²) >= 11 is 9.59. The average molecular weight is 605 g/mol. The highest BCUT2D eigenvalue weighted by atomic mass is 79.9. The Balaban J connectivity index is 1.67. The number of aromatic nitrogens is 1. The number of ether oxygens (including phenoxy) is 1. The van der Waals surface area contributed by atoms with E-state index in [0.717, 1.165) is 38.7 Å². The zero-order valence-electron chi connectivity index (χ0n) is 20.9. The summed E-state index contributed by atoms with van der Waals surface area (Å²) in [6.07, 6.45) is 2.49. The molecule has 5 rings (SSSR count). The molecule has 0 saturated heterocycles. The van der Waals surface area contributed by atoms with E-state index in [9.17, 15) is 14.4 Å². The van der Waals surface area contributed by atoms with E-state index in [0.29, 0.717) is 21.8 Å². The molecule has 1 N–H and O–H groups in total. The number of nitrogens with one attached hydrogen (secondary N) is 1. The molecule has 2 heterocycles. The maximum absolute atomic E-state index is 13.6. The third-order valence-corrected chi connectivity index (χ3v) is 7.16. The van der Waals surface area contributed by atoms with Gasteiger partial charge in [-0.2, -0.15) is 5.10 Å². The van der Waals surface area contributed by atoms with E-state index < -0.39 is 17.9 Å². The first-order chi connectivity index (χ1) is 18.9. The van der Waals surface area contributed by atoms with E-state index in [4.69, 9.17) is 16.3 Å². The zero-order chi connectivity index (χ0) is 27.5. The lowest BCUT2D eigenvalue weighted by atomic mass is 9.91. The molecule has 9 heteroatoms. The summed E-state index contributed by atoms with van der Waals surface area (Å²) in [5.74, 6) is -1.14. The largest absolute Gasteiger partial charge is 0.463 e. The smallest absolute Gasteiger partial charge is 0.330 e. The topological polar surface area (TPSA) is 91.8 Å². The van der Waals surface area contributed by atoms with Gasteiger partial charge in [0.2, 0.25) is 0 Å². The average Bonchev–Trinajstić information content (AvgIpc) is 3.37. The molecular formula is C30H23BrClN3O4. The number of aromatic amines is 1. The first-order valence-corrected chi connectivity index (χ1v) is 13.4. The fraction of sp³-hybridized carbons (Fsp3) is 0.133. The van der Waals surface area contributed by atoms with Crippen molar-refractivity contribution >= 4 is 56.0 Å². The van der Waals surface area contributed by atoms with Crippen molar-refractivity contribution in [2.75, 3.05) is 6.61 Å². The molecule has 1 aliphatic rings. The summed E-state index contributed by atoms with van der Waals surface area (Å²) in [6.45, 7) is 1.88. The van der Waals surface area contributed by atoms with Crippen molar-refractivity contribution in [2.45, 2.75) is 19.4 Å². The van der Waals surface area contributed by atoms with E-state index >= 15 is 0 Å². The number of H-pyrrole nitrogens is 1. The molecule has 1 amide bonds. The number of pyridine rings is 1. The Hall–Kier alpha value is -4.01. The van der Waals surface area contributed by atoms with Crippen LogP contribution in [0.5, 0.6) is 0 Å². The van der Waals surface area contributed by atoms with Crippen LogP contribution in [0.3, 0.4) is 0 Å². The number of rotatable bonds is 6. The Morgan fingerprint density at radius 2 is 1.77 bits per heavy atom. The molecule has 3 aromatic carbocycles. The van der Waals surface area contributed by atoms with Crippen LogP contribution in [0.15, 0.2) is 99.3 Å². The number of esters is 1. The molecule has 1 atom stereocenters. The van der Waals surface area contributed by atoms with Crippen LogP contribution in [0.1, 0.15) is 30.5 Å². The lowest BCUT2D eigenvalue weighted by Gasteiger charge is -2.20. The summed E-state index contributed by atoms with van der Waals surface area (Å²) in [6, 6.07) is 21.9. The summed E-state index contributed by atoms with van der Waals surface area (Å²) in [7, 11) is 0. The number of para-hydroxylation sites is 1. The van der Waals surface area contributed by atoms with Crippen LogP contribution >= 0.6 is 27.5 Å². The van der Waals surface area contributed by atoms with Gasteiger partial charge in [-0.15, -0.1) is 0 Å². The fourth-order valence-corrected chi connectivity index (χ4v) is 5.04. The number of carbonyl (C=O) groups is 2. The Bertz CT molecular complexity index is 1680. The van der Waals surface area contributed by atoms with E-state index in [2.05, 4.69) is 26.0 Å². The van der Waals surface area contributed by atoms with Crippen LogP contribution in [-0.2, 0) is 14.3 Å². The van der Waals surface area contributed by atoms with Gasteiger partial charge in [0.1, 0.15) is 0 Å². The van der Waals surface area contributed by atoms with E-state index in [-0.39, 0.29) is 18.6 Å². The Kier molecular flexibility index (Phi) is 7.77. The lowest BCUT2D eigenvalue weighted by molar-refractivity contribution is -0.137. The highest BCUT2D eigenvalue weighted by molar-refractivity contribution is 9.10. The van der Waals surface area contributed by atoms with Crippen molar-refractivity contribution in [3.05, 3.63) is 116 Å². The fourth-order valence-electron chi connectivity index (χ4n) is 4.65. The van der Waals surface area contributed by atoms with Crippen LogP contribution < -0.4 is 5.56 Å². The summed E-state index contributed by atoms with van der Waals surface area (Å²) in [4.78, 5) is 41.7. The minimum atomic E-state index is -0.624. The van der Waals surface area contributed by atoms with E-state index in [1.165, 1.54) is 5.01 Å². The van der Waals surface area contributed by atoms with Gasteiger partial charge in [0, 0.05) is 44.5 Å². The SMILES string of the molecule is CCOC(=O)C=CC(=O)N1N=C(c2c(-c3ccc(Br)cc3)c3ccccc3[nH]c2=O)CC1c1ccc(Cl)cc1. The molecule has 7 nitrogen and oxygen atoms in total. The maximum Gasteiger partial charge on any atom is 0.330 e. The van der Waals surface area contributed by atoms with Gasteiger partial charge >= 0.3 is 5.97 Å². The number of carbonyl (C=O) groups excluding carboxylic acids is 2. The molecule has 39 heavy (non-hydrogen) atoms. The maximum atomic E-state index is 13.6. The number of hydrogen-bond acceptors (Lipinski definition) is 5. The van der Waals surface area contributed by atoms with Crippen molar-refractivity contribution in [3.63, 3.8) is 0 Å². The molecule has 1 unspecified atom stereocenters. The molecule has 4 aromatic rings. The Labute approximate surface area is 237 Å². The second kappa shape index (κ2) is 11.4. The number of fused-ring (bicyclic) bond motifs is 1. The molecule has 196 valence electrons. The van der Waals surface area contributed by atoms with Crippen molar-refractivity contribution < 1.29 is 14.3 Å². The second-order valence-corrected chi connectivity index (χ2v) is 10.2. The van der Waals surface area contributed by atoms with Gasteiger partial charge in [-0.25, -0.2) is 9.80 Å². The van der Waals surface area contributed by atoms with Gasteiger partial charge in [0.25, 0.3) is 11.5 Å². The third kappa shape index (κ3) is 5.57. The predicted molar refractivity (Wildman–Crippen MR) is 156 cm³/mol. The van der Waals surface area contributed by atoms with Crippen molar-refractivity contribution in [1.82, 2.24) is 9.99 Å². The third-order valence-electron chi connectivity index (χ3n) is 6.38. The van der Waals surface area contributed by atoms with Crippen LogP contribution in [0, 0.1) is 0 Å². The molecular weight excluding hydrogens is 582 g/mol. The Morgan fingerprint density at radius 1 is 1.05 bits per heavy atom. The van der Waals surface area contributed by atoms with Crippen molar-refractivity contribution in [1.29, 1.82) is 0 Å². The van der Waals surface area contributed by atoms with E-state index in [1.807, 2.05) is 60.7 Å². The number of benzene rings is 3. The molecule has 1 aromatic heterocycles. The van der Waals surface area contributed by atoms with Gasteiger partial charge in [0.15, 0.2) is 0 Å². The number of hydrazone groups is 1. The molecule has 0 saturated carbocycles. The summed E-state index contributed by atoms with van der Waals surface area (Å²) < 4.78 is 5.81. The molecule has 0 bridgehead atoms. The molecule has 1 aliphatic heterocycles. The lowest BCUT2D eigenvalue weighted by Crippen LogP contribution is -2.25. The monoisotopic (exact) mass is 603 g/mol. The number of amides is 1. The van der Waals surface area contributed by atoms with Crippen molar-refractivity contribution in [2.24, 2.45) is 5.10 Å². The number of hydrogen-bond donors (Lipinski definition) is 1. The highest BCUT2D eigenvalue weighted by Crippen LogP contribution is 2.37. The normalized spacial score (nSPS) is 15.1. The highest BCUT2D eigenvalue weighted by Gasteiger charge is 2.34. The van der Waals surface area contributed by atoms with Crippen LogP contribution in [0.25, 0.3) is 22.0 Å². The summed E-state index contributed by atoms with van der Waals surface area (Å²) in [5.41, 5.74) is 3.59. The standard InChI is InChI=1S/C30H23BrClN3O4/c1-2-39-27(37)16-15-26(36)35-25(18-9-13-21(32)14-10-18)17-24(34-35)29-28(19-7-11-20(31)12-8-19)22-5-3-4-6-23(22)33-30(29)38/h3-16,25H,2,17H2,1H3,(H,33,38). The van der Waals surface area contributed by atoms with Crippen LogP contribution in [0.4, 0.5) is 0 Å². The van der Waals surface area contributed by atoms with Crippen LogP contribution in [-0.4, -0.2) is 34.2 Å². The first-order valence-electron chi connectivity index (χ1n) is 12.3. The van der Waals surface area contributed by atoms with Gasteiger partial charge in [-0.3, -0.25) is 9.59 Å². The Morgan fingerprint density at radius 3 is 2.49 bits per heavy atom. The predicted octanol–water partition coefficient (Wildman–Crippen LogP) is 6.41. The molecule has 0 radical (unpaired) electrons. The van der Waals surface area contributed by atoms with Crippen molar-refractivity contribution in [3.8, 4) is 11.1 Å². The quantitative estimate of drug-likeness (QED) is 0.203. The van der Waals surface area contributed by atoms with E-state index in [1.54, 1.807) is 19.1 Å². The summed E-state index contributed by atoms with van der Waals surface area (Å²) in [5, 5.41) is 7.38. The number of nitrogens with zero attached hydrogens (tertiary/aromatic N) is 2. The minimum absolute atomic E-state index is 0.195.